The third kappa shape index (κ3) is 2.59. The molecule has 0 saturated heterocycles. The van der Waals surface area contributed by atoms with Crippen LogP contribution >= 0.6 is 7.60 Å². The zero-order valence-corrected chi connectivity index (χ0v) is 12.3. The molecule has 0 N–H and O–H groups in total. The van der Waals surface area contributed by atoms with Crippen molar-refractivity contribution in [3.8, 4) is 6.07 Å². The van der Waals surface area contributed by atoms with E-state index in [4.69, 9.17) is 14.3 Å². The molecule has 0 aliphatic heterocycles. The molecule has 0 unspecified atom stereocenters. The molecular formula is C14H15N2O3P. The van der Waals surface area contributed by atoms with Crippen LogP contribution in [-0.2, 0) is 13.6 Å². The molecule has 0 atom stereocenters. The number of benzene rings is 1. The predicted octanol–water partition coefficient (Wildman–Crippen LogP) is 3.00. The summed E-state index contributed by atoms with van der Waals surface area (Å²) in [5.74, 6) is 0. The van der Waals surface area contributed by atoms with E-state index in [-0.39, 0.29) is 13.2 Å². The van der Waals surface area contributed by atoms with Gasteiger partial charge in [0.1, 0.15) is 11.8 Å². The lowest BCUT2D eigenvalue weighted by molar-refractivity contribution is 0.230. The summed E-state index contributed by atoms with van der Waals surface area (Å²) in [7, 11) is -3.38. The number of fused-ring (bicyclic) bond motifs is 1. The molecule has 2 aromatic rings. The normalized spacial score (nSPS) is 11.4. The molecule has 0 aliphatic rings. The molecule has 104 valence electrons. The third-order valence-corrected chi connectivity index (χ3v) is 4.96. The van der Waals surface area contributed by atoms with E-state index >= 15 is 0 Å². The van der Waals surface area contributed by atoms with Gasteiger partial charge in [-0.15, -0.1) is 0 Å². The van der Waals surface area contributed by atoms with Crippen molar-refractivity contribution >= 4 is 23.7 Å². The molecule has 0 amide bonds. The predicted molar refractivity (Wildman–Crippen MR) is 77.0 cm³/mol. The summed E-state index contributed by atoms with van der Waals surface area (Å²) in [5.41, 5.74) is 0.295. The summed E-state index contributed by atoms with van der Waals surface area (Å²) in [6.07, 6.45) is 1.52. The largest absolute Gasteiger partial charge is 0.361 e. The summed E-state index contributed by atoms with van der Waals surface area (Å²) in [4.78, 5) is 4.01. The van der Waals surface area contributed by atoms with E-state index in [1.54, 1.807) is 38.1 Å². The van der Waals surface area contributed by atoms with Crippen LogP contribution in [0.25, 0.3) is 10.8 Å². The molecule has 0 radical (unpaired) electrons. The summed E-state index contributed by atoms with van der Waals surface area (Å²) in [6, 6.07) is 8.95. The van der Waals surface area contributed by atoms with Crippen LogP contribution in [0.4, 0.5) is 0 Å². The van der Waals surface area contributed by atoms with Crippen LogP contribution in [0.3, 0.4) is 0 Å². The molecule has 1 aromatic heterocycles. The smallest absolute Gasteiger partial charge is 0.305 e. The zero-order chi connectivity index (χ0) is 14.6. The van der Waals surface area contributed by atoms with Crippen molar-refractivity contribution in [3.63, 3.8) is 0 Å². The van der Waals surface area contributed by atoms with Crippen molar-refractivity contribution in [1.29, 1.82) is 5.26 Å². The summed E-state index contributed by atoms with van der Waals surface area (Å²) in [6.45, 7) is 4.09. The van der Waals surface area contributed by atoms with Gasteiger partial charge >= 0.3 is 7.60 Å². The van der Waals surface area contributed by atoms with Gasteiger partial charge in [0.25, 0.3) is 0 Å². The second kappa shape index (κ2) is 6.15. The number of hydrogen-bond donors (Lipinski definition) is 0. The summed E-state index contributed by atoms with van der Waals surface area (Å²) < 4.78 is 23.6. The Morgan fingerprint density at radius 1 is 1.20 bits per heavy atom. The Morgan fingerprint density at radius 2 is 1.90 bits per heavy atom. The number of nitriles is 1. The Hall–Kier alpha value is -1.73. The third-order valence-electron chi connectivity index (χ3n) is 2.78. The lowest BCUT2D eigenvalue weighted by Crippen LogP contribution is -2.12. The van der Waals surface area contributed by atoms with Gasteiger partial charge < -0.3 is 9.05 Å². The quantitative estimate of drug-likeness (QED) is 0.791. The lowest BCUT2D eigenvalue weighted by Gasteiger charge is -2.18. The average Bonchev–Trinajstić information content (AvgIpc) is 2.46. The van der Waals surface area contributed by atoms with Crippen molar-refractivity contribution in [1.82, 2.24) is 4.98 Å². The standard InChI is InChI=1S/C14H15N2O3P/c1-3-18-20(17,19-4-2)14-7-5-6-11-12(14)8-9-16-13(11)10-15/h5-9H,3-4H2,1-2H3. The van der Waals surface area contributed by atoms with Crippen LogP contribution in [0.5, 0.6) is 0 Å². The Balaban J connectivity index is 2.71. The van der Waals surface area contributed by atoms with E-state index < -0.39 is 7.60 Å². The molecule has 1 heterocycles. The van der Waals surface area contributed by atoms with Gasteiger partial charge in [-0.1, -0.05) is 12.1 Å². The monoisotopic (exact) mass is 290 g/mol. The van der Waals surface area contributed by atoms with E-state index in [2.05, 4.69) is 4.98 Å². The molecule has 20 heavy (non-hydrogen) atoms. The first kappa shape index (κ1) is 14.7. The summed E-state index contributed by atoms with van der Waals surface area (Å²) >= 11 is 0. The van der Waals surface area contributed by atoms with Crippen molar-refractivity contribution in [2.75, 3.05) is 13.2 Å². The van der Waals surface area contributed by atoms with E-state index in [9.17, 15) is 4.57 Å². The first-order chi connectivity index (χ1) is 9.66. The maximum atomic E-state index is 12.9. The molecule has 0 saturated carbocycles. The molecule has 0 fully saturated rings. The van der Waals surface area contributed by atoms with Crippen LogP contribution in [0.15, 0.2) is 30.5 Å². The van der Waals surface area contributed by atoms with Crippen molar-refractivity contribution in [2.45, 2.75) is 13.8 Å². The Morgan fingerprint density at radius 3 is 2.50 bits per heavy atom. The van der Waals surface area contributed by atoms with Crippen LogP contribution in [-0.4, -0.2) is 18.2 Å². The van der Waals surface area contributed by atoms with Gasteiger partial charge in [0, 0.05) is 17.0 Å². The molecule has 6 heteroatoms. The van der Waals surface area contributed by atoms with Crippen LogP contribution in [0, 0.1) is 11.3 Å². The highest BCUT2D eigenvalue weighted by molar-refractivity contribution is 7.62. The maximum absolute atomic E-state index is 12.9. The SMILES string of the molecule is CCOP(=O)(OCC)c1cccc2c(C#N)nccc12. The topological polar surface area (TPSA) is 72.2 Å². The molecule has 0 aliphatic carbocycles. The van der Waals surface area contributed by atoms with Gasteiger partial charge in [0.15, 0.2) is 0 Å². The van der Waals surface area contributed by atoms with Gasteiger partial charge in [0.05, 0.1) is 18.5 Å². The molecule has 1 aromatic carbocycles. The summed E-state index contributed by atoms with van der Waals surface area (Å²) in [5, 5.41) is 10.9. The highest BCUT2D eigenvalue weighted by Gasteiger charge is 2.29. The maximum Gasteiger partial charge on any atom is 0.361 e. The van der Waals surface area contributed by atoms with Gasteiger partial charge in [-0.05, 0) is 26.0 Å². The minimum Gasteiger partial charge on any atom is -0.305 e. The van der Waals surface area contributed by atoms with Gasteiger partial charge in [-0.3, -0.25) is 4.57 Å². The second-order valence-corrected chi connectivity index (χ2v) is 5.97. The first-order valence-corrected chi connectivity index (χ1v) is 7.88. The number of rotatable bonds is 5. The van der Waals surface area contributed by atoms with Crippen LogP contribution in [0.2, 0.25) is 0 Å². The van der Waals surface area contributed by atoms with Crippen LogP contribution < -0.4 is 5.30 Å². The second-order valence-electron chi connectivity index (χ2n) is 3.98. The molecule has 2 rings (SSSR count). The fraction of sp³-hybridized carbons (Fsp3) is 0.286. The van der Waals surface area contributed by atoms with E-state index in [0.29, 0.717) is 21.8 Å². The Kier molecular flexibility index (Phi) is 4.51. The minimum atomic E-state index is -3.38. The Bertz CT molecular complexity index is 699. The van der Waals surface area contributed by atoms with Gasteiger partial charge in [-0.2, -0.15) is 5.26 Å². The zero-order valence-electron chi connectivity index (χ0n) is 11.4. The lowest BCUT2D eigenvalue weighted by atomic mass is 10.1. The van der Waals surface area contributed by atoms with Crippen molar-refractivity contribution in [3.05, 3.63) is 36.2 Å². The average molecular weight is 290 g/mol. The van der Waals surface area contributed by atoms with Crippen LogP contribution in [0.1, 0.15) is 19.5 Å². The minimum absolute atomic E-state index is 0.282. The van der Waals surface area contributed by atoms with E-state index in [1.807, 2.05) is 6.07 Å². The van der Waals surface area contributed by atoms with Crippen molar-refractivity contribution < 1.29 is 13.6 Å². The number of hydrogen-bond acceptors (Lipinski definition) is 5. The molecular weight excluding hydrogens is 275 g/mol. The number of nitrogens with zero attached hydrogens (tertiary/aromatic N) is 2. The number of pyridine rings is 1. The molecule has 0 spiro atoms. The molecule has 0 bridgehead atoms. The fourth-order valence-electron chi connectivity index (χ4n) is 2.03. The fourth-order valence-corrected chi connectivity index (χ4v) is 3.83. The highest BCUT2D eigenvalue weighted by Crippen LogP contribution is 2.48. The number of aromatic nitrogens is 1. The first-order valence-electron chi connectivity index (χ1n) is 6.33. The van der Waals surface area contributed by atoms with E-state index in [0.717, 1.165) is 0 Å². The van der Waals surface area contributed by atoms with Gasteiger partial charge in [0.2, 0.25) is 0 Å². The van der Waals surface area contributed by atoms with Gasteiger partial charge in [-0.25, -0.2) is 4.98 Å². The highest BCUT2D eigenvalue weighted by atomic mass is 31.2. The van der Waals surface area contributed by atoms with Crippen molar-refractivity contribution in [2.24, 2.45) is 0 Å². The Labute approximate surface area is 117 Å². The molecule has 5 nitrogen and oxygen atoms in total. The van der Waals surface area contributed by atoms with E-state index in [1.165, 1.54) is 6.20 Å².